The van der Waals surface area contributed by atoms with Gasteiger partial charge < -0.3 is 15.4 Å². The molecule has 1 atom stereocenters. The molecule has 1 heterocycles. The highest BCUT2D eigenvalue weighted by Crippen LogP contribution is 2.22. The summed E-state index contributed by atoms with van der Waals surface area (Å²) in [6.45, 7) is 9.33. The third kappa shape index (κ3) is 5.39. The van der Waals surface area contributed by atoms with Crippen LogP contribution in [0.5, 0.6) is 0 Å². The van der Waals surface area contributed by atoms with Crippen LogP contribution in [-0.2, 0) is 4.74 Å². The zero-order valence-corrected chi connectivity index (χ0v) is 11.5. The van der Waals surface area contributed by atoms with E-state index >= 15 is 0 Å². The summed E-state index contributed by atoms with van der Waals surface area (Å²) >= 11 is 0. The molecule has 2 N–H and O–H groups in total. The molecular weight excluding hydrogens is 216 g/mol. The van der Waals surface area contributed by atoms with E-state index in [1.54, 1.807) is 0 Å². The van der Waals surface area contributed by atoms with Crippen LogP contribution in [-0.4, -0.2) is 35.7 Å². The minimum atomic E-state index is -0.403. The van der Waals surface area contributed by atoms with Crippen LogP contribution in [0, 0.1) is 5.92 Å². The van der Waals surface area contributed by atoms with E-state index in [9.17, 15) is 4.79 Å². The molecule has 17 heavy (non-hydrogen) atoms. The maximum atomic E-state index is 11.8. The highest BCUT2D eigenvalue weighted by molar-refractivity contribution is 5.68. The third-order valence-corrected chi connectivity index (χ3v) is 2.97. The van der Waals surface area contributed by atoms with E-state index in [2.05, 4.69) is 0 Å². The molecule has 0 spiro atoms. The van der Waals surface area contributed by atoms with Gasteiger partial charge in [-0.05, 0) is 52.9 Å². The molecular formula is C13H26N2O2. The number of amides is 1. The molecule has 0 unspecified atom stereocenters. The van der Waals surface area contributed by atoms with Crippen LogP contribution < -0.4 is 5.73 Å². The number of nitrogens with zero attached hydrogens (tertiary/aromatic N) is 1. The summed E-state index contributed by atoms with van der Waals surface area (Å²) in [5.41, 5.74) is 5.39. The summed E-state index contributed by atoms with van der Waals surface area (Å²) in [6.07, 6.45) is 2.96. The van der Waals surface area contributed by atoms with E-state index in [-0.39, 0.29) is 12.1 Å². The molecule has 4 nitrogen and oxygen atoms in total. The summed E-state index contributed by atoms with van der Waals surface area (Å²) in [7, 11) is 0. The Morgan fingerprint density at radius 1 is 1.41 bits per heavy atom. The van der Waals surface area contributed by atoms with E-state index < -0.39 is 5.60 Å². The van der Waals surface area contributed by atoms with Gasteiger partial charge in [0.15, 0.2) is 0 Å². The lowest BCUT2D eigenvalue weighted by Crippen LogP contribution is -2.42. The third-order valence-electron chi connectivity index (χ3n) is 2.97. The summed E-state index contributed by atoms with van der Waals surface area (Å²) in [5.74, 6) is 0.661. The van der Waals surface area contributed by atoms with Crippen LogP contribution >= 0.6 is 0 Å². The summed E-state index contributed by atoms with van der Waals surface area (Å²) in [4.78, 5) is 13.6. The van der Waals surface area contributed by atoms with Crippen LogP contribution in [0.15, 0.2) is 0 Å². The van der Waals surface area contributed by atoms with Gasteiger partial charge in [0, 0.05) is 19.1 Å². The molecule has 0 aliphatic carbocycles. The summed E-state index contributed by atoms with van der Waals surface area (Å²) < 4.78 is 5.36. The number of hydrogen-bond acceptors (Lipinski definition) is 3. The first-order valence-corrected chi connectivity index (χ1v) is 6.51. The number of nitrogens with two attached hydrogens (primary N) is 1. The molecule has 0 saturated carbocycles. The number of hydrogen-bond donors (Lipinski definition) is 1. The van der Waals surface area contributed by atoms with Crippen molar-refractivity contribution in [3.05, 3.63) is 0 Å². The zero-order chi connectivity index (χ0) is 13.1. The van der Waals surface area contributed by atoms with Gasteiger partial charge in [0.25, 0.3) is 0 Å². The van der Waals surface area contributed by atoms with Crippen molar-refractivity contribution in [3.8, 4) is 0 Å². The highest BCUT2D eigenvalue weighted by atomic mass is 16.6. The molecule has 1 fully saturated rings. The van der Waals surface area contributed by atoms with Crippen molar-refractivity contribution in [1.29, 1.82) is 0 Å². The minimum absolute atomic E-state index is 0.184. The lowest BCUT2D eigenvalue weighted by Gasteiger charge is -2.33. The number of ether oxygens (including phenoxy) is 1. The lowest BCUT2D eigenvalue weighted by molar-refractivity contribution is 0.0180. The summed E-state index contributed by atoms with van der Waals surface area (Å²) in [5, 5.41) is 0. The van der Waals surface area contributed by atoms with Crippen molar-refractivity contribution in [1.82, 2.24) is 4.90 Å². The monoisotopic (exact) mass is 242 g/mol. The largest absolute Gasteiger partial charge is 0.444 e. The fourth-order valence-corrected chi connectivity index (χ4v) is 2.20. The molecule has 1 amide bonds. The Labute approximate surface area is 104 Å². The smallest absolute Gasteiger partial charge is 0.410 e. The van der Waals surface area contributed by atoms with Crippen LogP contribution in [0.25, 0.3) is 0 Å². The normalized spacial score (nSPS) is 20.2. The van der Waals surface area contributed by atoms with Gasteiger partial charge in [0.1, 0.15) is 5.60 Å². The van der Waals surface area contributed by atoms with Gasteiger partial charge >= 0.3 is 6.09 Å². The Morgan fingerprint density at radius 2 is 1.94 bits per heavy atom. The fourth-order valence-electron chi connectivity index (χ4n) is 2.20. The van der Waals surface area contributed by atoms with E-state index in [0.717, 1.165) is 32.4 Å². The Morgan fingerprint density at radius 3 is 2.35 bits per heavy atom. The minimum Gasteiger partial charge on any atom is -0.444 e. The second-order valence-corrected chi connectivity index (χ2v) is 6.12. The van der Waals surface area contributed by atoms with E-state index in [0.29, 0.717) is 5.92 Å². The number of likely N-dealkylation sites (tertiary alicyclic amines) is 1. The Bertz CT molecular complexity index is 251. The maximum Gasteiger partial charge on any atom is 0.410 e. The Hall–Kier alpha value is -0.770. The van der Waals surface area contributed by atoms with Crippen molar-refractivity contribution < 1.29 is 9.53 Å². The second-order valence-electron chi connectivity index (χ2n) is 6.12. The van der Waals surface area contributed by atoms with Gasteiger partial charge in [0.05, 0.1) is 0 Å². The zero-order valence-electron chi connectivity index (χ0n) is 11.5. The molecule has 0 bridgehead atoms. The van der Waals surface area contributed by atoms with Gasteiger partial charge in [-0.25, -0.2) is 4.79 Å². The van der Waals surface area contributed by atoms with Crippen molar-refractivity contribution in [2.24, 2.45) is 11.7 Å². The topological polar surface area (TPSA) is 55.6 Å². The number of carbonyl (C=O) groups excluding carboxylic acids is 1. The first-order chi connectivity index (χ1) is 7.78. The van der Waals surface area contributed by atoms with Crippen LogP contribution in [0.4, 0.5) is 4.79 Å². The van der Waals surface area contributed by atoms with Crippen LogP contribution in [0.1, 0.15) is 47.0 Å². The van der Waals surface area contributed by atoms with Gasteiger partial charge in [-0.2, -0.15) is 0 Å². The van der Waals surface area contributed by atoms with Gasteiger partial charge in [-0.1, -0.05) is 0 Å². The molecule has 1 saturated heterocycles. The van der Waals surface area contributed by atoms with Gasteiger partial charge in [-0.3, -0.25) is 0 Å². The molecule has 1 rings (SSSR count). The molecule has 1 aliphatic heterocycles. The predicted octanol–water partition coefficient (Wildman–Crippen LogP) is 2.37. The van der Waals surface area contributed by atoms with Crippen molar-refractivity contribution >= 4 is 6.09 Å². The maximum absolute atomic E-state index is 11.8. The lowest BCUT2D eigenvalue weighted by atomic mass is 9.91. The fraction of sp³-hybridized carbons (Fsp3) is 0.923. The summed E-state index contributed by atoms with van der Waals surface area (Å²) in [6, 6.07) is 0.257. The number of carbonyl (C=O) groups is 1. The van der Waals surface area contributed by atoms with E-state index in [1.807, 2.05) is 32.6 Å². The molecule has 4 heteroatoms. The van der Waals surface area contributed by atoms with Gasteiger partial charge in [0.2, 0.25) is 0 Å². The average Bonchev–Trinajstić information content (AvgIpc) is 2.15. The van der Waals surface area contributed by atoms with Crippen LogP contribution in [0.3, 0.4) is 0 Å². The molecule has 0 aromatic rings. The van der Waals surface area contributed by atoms with Crippen molar-refractivity contribution in [3.63, 3.8) is 0 Å². The number of rotatable bonds is 2. The molecule has 0 aromatic heterocycles. The molecule has 0 aromatic carbocycles. The Balaban J connectivity index is 2.34. The average molecular weight is 242 g/mol. The SMILES string of the molecule is C[C@@H](N)CC1CCN(C(=O)OC(C)(C)C)CC1. The first kappa shape index (κ1) is 14.3. The number of piperidine rings is 1. The van der Waals surface area contributed by atoms with E-state index in [4.69, 9.17) is 10.5 Å². The van der Waals surface area contributed by atoms with Crippen molar-refractivity contribution in [2.75, 3.05) is 13.1 Å². The Kier molecular flexibility index (Phi) is 4.80. The molecule has 1 aliphatic rings. The first-order valence-electron chi connectivity index (χ1n) is 6.51. The molecule has 100 valence electrons. The van der Waals surface area contributed by atoms with Crippen LogP contribution in [0.2, 0.25) is 0 Å². The van der Waals surface area contributed by atoms with E-state index in [1.165, 1.54) is 0 Å². The van der Waals surface area contributed by atoms with Crippen molar-refractivity contribution in [2.45, 2.75) is 58.6 Å². The standard InChI is InChI=1S/C13H26N2O2/c1-10(14)9-11-5-7-15(8-6-11)12(16)17-13(2,3)4/h10-11H,5-9,14H2,1-4H3/t10-/m1/s1. The quantitative estimate of drug-likeness (QED) is 0.808. The molecule has 0 radical (unpaired) electrons. The van der Waals surface area contributed by atoms with Gasteiger partial charge in [-0.15, -0.1) is 0 Å². The highest BCUT2D eigenvalue weighted by Gasteiger charge is 2.26. The predicted molar refractivity (Wildman–Crippen MR) is 68.8 cm³/mol. The second kappa shape index (κ2) is 5.71.